The highest BCUT2D eigenvalue weighted by molar-refractivity contribution is 5.62. The monoisotopic (exact) mass is 247 g/mol. The van der Waals surface area contributed by atoms with Gasteiger partial charge in [0.25, 0.3) is 0 Å². The third-order valence-electron chi connectivity index (χ3n) is 2.59. The van der Waals surface area contributed by atoms with Gasteiger partial charge in [-0.2, -0.15) is 0 Å². The highest BCUT2D eigenvalue weighted by atomic mass is 16.5. The van der Waals surface area contributed by atoms with Crippen LogP contribution in [0.15, 0.2) is 30.9 Å². The second kappa shape index (κ2) is 6.87. The largest absolute Gasteiger partial charge is 0.496 e. The fourth-order valence-corrected chi connectivity index (χ4v) is 1.79. The minimum atomic E-state index is 0.0816. The molecule has 1 aromatic rings. The molecule has 0 aliphatic carbocycles. The van der Waals surface area contributed by atoms with E-state index in [9.17, 15) is 0 Å². The molecule has 0 heterocycles. The molecule has 0 saturated carbocycles. The minimum absolute atomic E-state index is 0.0816. The summed E-state index contributed by atoms with van der Waals surface area (Å²) in [6, 6.07) is 4.01. The summed E-state index contributed by atoms with van der Waals surface area (Å²) in [7, 11) is 3.32. The molecule has 0 aliphatic rings. The van der Waals surface area contributed by atoms with Crippen molar-refractivity contribution in [2.75, 3.05) is 14.2 Å². The van der Waals surface area contributed by atoms with E-state index in [0.29, 0.717) is 0 Å². The summed E-state index contributed by atoms with van der Waals surface area (Å²) in [4.78, 5) is 0. The number of nitrogens with two attached hydrogens (primary N) is 1. The van der Waals surface area contributed by atoms with Crippen LogP contribution in [0, 0.1) is 0 Å². The normalized spacial score (nSPS) is 12.4. The van der Waals surface area contributed by atoms with Crippen LogP contribution in [0.1, 0.15) is 18.1 Å². The van der Waals surface area contributed by atoms with E-state index in [1.807, 2.05) is 31.2 Å². The molecule has 18 heavy (non-hydrogen) atoms. The maximum atomic E-state index is 5.83. The van der Waals surface area contributed by atoms with Gasteiger partial charge in [-0.1, -0.05) is 24.8 Å². The van der Waals surface area contributed by atoms with Gasteiger partial charge in [-0.05, 0) is 31.0 Å². The van der Waals surface area contributed by atoms with Crippen LogP contribution in [0.4, 0.5) is 0 Å². The van der Waals surface area contributed by atoms with Crippen molar-refractivity contribution in [2.45, 2.75) is 19.4 Å². The molecule has 0 radical (unpaired) electrons. The zero-order chi connectivity index (χ0) is 13.5. The minimum Gasteiger partial charge on any atom is -0.496 e. The summed E-state index contributed by atoms with van der Waals surface area (Å²) in [5.74, 6) is 1.64. The van der Waals surface area contributed by atoms with Gasteiger partial charge in [-0.25, -0.2) is 0 Å². The summed E-state index contributed by atoms with van der Waals surface area (Å²) in [6.07, 6.45) is 6.28. The Hall–Kier alpha value is -1.74. The molecule has 1 unspecified atom stereocenters. The van der Waals surface area contributed by atoms with E-state index in [2.05, 4.69) is 6.58 Å². The van der Waals surface area contributed by atoms with Gasteiger partial charge in [0.1, 0.15) is 11.5 Å². The molecule has 0 aliphatic heterocycles. The zero-order valence-electron chi connectivity index (χ0n) is 11.3. The standard InChI is InChI=1S/C15H21NO2/c1-5-6-7-12-9-15(18-4)13(8-11(2)16)10-14(12)17-3/h5-7,9-11H,1,8,16H2,2-4H3. The number of ether oxygens (including phenoxy) is 2. The van der Waals surface area contributed by atoms with E-state index in [0.717, 1.165) is 29.0 Å². The Labute approximate surface area is 109 Å². The second-order valence-electron chi connectivity index (χ2n) is 4.18. The van der Waals surface area contributed by atoms with Crippen molar-refractivity contribution >= 4 is 6.08 Å². The fourth-order valence-electron chi connectivity index (χ4n) is 1.79. The molecular formula is C15H21NO2. The quantitative estimate of drug-likeness (QED) is 0.786. The topological polar surface area (TPSA) is 44.5 Å². The van der Waals surface area contributed by atoms with Crippen LogP contribution >= 0.6 is 0 Å². The van der Waals surface area contributed by atoms with Gasteiger partial charge in [0.2, 0.25) is 0 Å². The third kappa shape index (κ3) is 3.64. The molecule has 3 nitrogen and oxygen atoms in total. The maximum Gasteiger partial charge on any atom is 0.126 e. The fraction of sp³-hybridized carbons (Fsp3) is 0.333. The van der Waals surface area contributed by atoms with Crippen molar-refractivity contribution in [2.24, 2.45) is 5.73 Å². The second-order valence-corrected chi connectivity index (χ2v) is 4.18. The summed E-state index contributed by atoms with van der Waals surface area (Å²) in [6.45, 7) is 5.63. The van der Waals surface area contributed by atoms with Gasteiger partial charge in [0, 0.05) is 11.6 Å². The lowest BCUT2D eigenvalue weighted by Gasteiger charge is -2.14. The first kappa shape index (κ1) is 14.3. The van der Waals surface area contributed by atoms with Gasteiger partial charge < -0.3 is 15.2 Å². The molecule has 98 valence electrons. The number of benzene rings is 1. The van der Waals surface area contributed by atoms with Crippen molar-refractivity contribution in [3.63, 3.8) is 0 Å². The molecule has 2 N–H and O–H groups in total. The molecule has 0 saturated heterocycles. The van der Waals surface area contributed by atoms with Crippen molar-refractivity contribution in [1.29, 1.82) is 0 Å². The molecule has 1 rings (SSSR count). The Morgan fingerprint density at radius 3 is 2.44 bits per heavy atom. The Balaban J connectivity index is 3.22. The van der Waals surface area contributed by atoms with Crippen molar-refractivity contribution < 1.29 is 9.47 Å². The van der Waals surface area contributed by atoms with E-state index < -0.39 is 0 Å². The number of allylic oxidation sites excluding steroid dienone is 2. The van der Waals surface area contributed by atoms with Crippen molar-refractivity contribution in [1.82, 2.24) is 0 Å². The molecule has 0 spiro atoms. The van der Waals surface area contributed by atoms with Crippen LogP contribution in [0.5, 0.6) is 11.5 Å². The predicted octanol–water partition coefficient (Wildman–Crippen LogP) is 2.79. The first-order valence-corrected chi connectivity index (χ1v) is 5.92. The van der Waals surface area contributed by atoms with Crippen LogP contribution in [-0.2, 0) is 6.42 Å². The van der Waals surface area contributed by atoms with Gasteiger partial charge in [0.05, 0.1) is 14.2 Å². The Kier molecular flexibility index (Phi) is 5.46. The number of hydrogen-bond donors (Lipinski definition) is 1. The number of rotatable bonds is 6. The summed E-state index contributed by atoms with van der Waals surface area (Å²) >= 11 is 0. The molecule has 0 amide bonds. The van der Waals surface area contributed by atoms with Gasteiger partial charge in [-0.3, -0.25) is 0 Å². The predicted molar refractivity (Wildman–Crippen MR) is 76.1 cm³/mol. The Morgan fingerprint density at radius 1 is 1.28 bits per heavy atom. The van der Waals surface area contributed by atoms with E-state index >= 15 is 0 Å². The molecule has 0 bridgehead atoms. The van der Waals surface area contributed by atoms with Crippen LogP contribution in [0.3, 0.4) is 0 Å². The number of methoxy groups -OCH3 is 2. The lowest BCUT2D eigenvalue weighted by molar-refractivity contribution is 0.397. The summed E-state index contributed by atoms with van der Waals surface area (Å²) in [5.41, 5.74) is 7.85. The van der Waals surface area contributed by atoms with Crippen LogP contribution < -0.4 is 15.2 Å². The zero-order valence-corrected chi connectivity index (χ0v) is 11.3. The van der Waals surface area contributed by atoms with E-state index in [4.69, 9.17) is 15.2 Å². The highest BCUT2D eigenvalue weighted by Gasteiger charge is 2.10. The first-order valence-electron chi connectivity index (χ1n) is 5.92. The molecule has 3 heteroatoms. The smallest absolute Gasteiger partial charge is 0.126 e. The lowest BCUT2D eigenvalue weighted by atomic mass is 10.0. The average Bonchev–Trinajstić information content (AvgIpc) is 2.35. The van der Waals surface area contributed by atoms with E-state index in [1.54, 1.807) is 20.3 Å². The van der Waals surface area contributed by atoms with E-state index in [-0.39, 0.29) is 6.04 Å². The van der Waals surface area contributed by atoms with Crippen LogP contribution in [0.25, 0.3) is 6.08 Å². The van der Waals surface area contributed by atoms with Crippen molar-refractivity contribution in [3.8, 4) is 11.5 Å². The molecule has 1 atom stereocenters. The molecule has 0 aromatic heterocycles. The molecular weight excluding hydrogens is 226 g/mol. The average molecular weight is 247 g/mol. The first-order chi connectivity index (χ1) is 8.62. The highest BCUT2D eigenvalue weighted by Crippen LogP contribution is 2.30. The van der Waals surface area contributed by atoms with Crippen molar-refractivity contribution in [3.05, 3.63) is 42.0 Å². The van der Waals surface area contributed by atoms with Gasteiger partial charge in [-0.15, -0.1) is 0 Å². The van der Waals surface area contributed by atoms with Gasteiger partial charge in [0.15, 0.2) is 0 Å². The Bertz CT molecular complexity index is 436. The van der Waals surface area contributed by atoms with E-state index in [1.165, 1.54) is 0 Å². The summed E-state index contributed by atoms with van der Waals surface area (Å²) < 4.78 is 10.8. The maximum absolute atomic E-state index is 5.83. The Morgan fingerprint density at radius 2 is 1.94 bits per heavy atom. The molecule has 0 fully saturated rings. The van der Waals surface area contributed by atoms with Crippen LogP contribution in [-0.4, -0.2) is 20.3 Å². The van der Waals surface area contributed by atoms with Crippen LogP contribution in [0.2, 0.25) is 0 Å². The molecule has 1 aromatic carbocycles. The summed E-state index contributed by atoms with van der Waals surface area (Å²) in [5, 5.41) is 0. The lowest BCUT2D eigenvalue weighted by Crippen LogP contribution is -2.18. The van der Waals surface area contributed by atoms with Gasteiger partial charge >= 0.3 is 0 Å². The SMILES string of the molecule is C=CC=Cc1cc(OC)c(CC(C)N)cc1OC. The third-order valence-corrected chi connectivity index (χ3v) is 2.59. The number of hydrogen-bond acceptors (Lipinski definition) is 3.